The van der Waals surface area contributed by atoms with Crippen molar-refractivity contribution < 1.29 is 4.74 Å². The molecule has 0 aliphatic carbocycles. The molecule has 0 fully saturated rings. The summed E-state index contributed by atoms with van der Waals surface area (Å²) in [4.78, 5) is 0. The zero-order chi connectivity index (χ0) is 7.28. The van der Waals surface area contributed by atoms with Crippen LogP contribution in [-0.2, 0) is 4.74 Å². The average Bonchev–Trinajstić information content (AvgIpc) is 1.87. The van der Waals surface area contributed by atoms with Gasteiger partial charge in [0, 0.05) is 13.2 Å². The van der Waals surface area contributed by atoms with Crippen molar-refractivity contribution in [1.29, 1.82) is 0 Å². The first-order valence-electron chi connectivity index (χ1n) is 3.46. The van der Waals surface area contributed by atoms with Crippen molar-refractivity contribution in [2.24, 2.45) is 11.7 Å². The third kappa shape index (κ3) is 3.49. The lowest BCUT2D eigenvalue weighted by Crippen LogP contribution is -2.32. The minimum Gasteiger partial charge on any atom is -0.383 e. The van der Waals surface area contributed by atoms with E-state index in [9.17, 15) is 0 Å². The van der Waals surface area contributed by atoms with E-state index in [1.54, 1.807) is 7.11 Å². The first kappa shape index (κ1) is 8.92. The van der Waals surface area contributed by atoms with Crippen LogP contribution in [0.5, 0.6) is 0 Å². The predicted octanol–water partition coefficient (Wildman–Crippen LogP) is 1.01. The molecule has 2 heteroatoms. The molecule has 0 aromatic carbocycles. The van der Waals surface area contributed by atoms with E-state index >= 15 is 0 Å². The van der Waals surface area contributed by atoms with Crippen molar-refractivity contribution in [1.82, 2.24) is 0 Å². The maximum Gasteiger partial charge on any atom is 0.0616 e. The topological polar surface area (TPSA) is 35.2 Å². The van der Waals surface area contributed by atoms with Crippen molar-refractivity contribution in [2.45, 2.75) is 26.3 Å². The zero-order valence-corrected chi connectivity index (χ0v) is 6.55. The molecular formula is C7H17NO. The molecule has 9 heavy (non-hydrogen) atoms. The maximum atomic E-state index is 5.71. The number of ether oxygens (including phenoxy) is 1. The van der Waals surface area contributed by atoms with Gasteiger partial charge in [0.15, 0.2) is 0 Å². The summed E-state index contributed by atoms with van der Waals surface area (Å²) >= 11 is 0. The van der Waals surface area contributed by atoms with Gasteiger partial charge in [-0.15, -0.1) is 0 Å². The third-order valence-corrected chi connectivity index (χ3v) is 1.73. The molecule has 0 saturated carbocycles. The maximum absolute atomic E-state index is 5.71. The minimum absolute atomic E-state index is 0.208. The van der Waals surface area contributed by atoms with Crippen molar-refractivity contribution in [3.63, 3.8) is 0 Å². The quantitative estimate of drug-likeness (QED) is 0.618. The minimum atomic E-state index is 0.208. The Bertz CT molecular complexity index is 65.9. The van der Waals surface area contributed by atoms with Gasteiger partial charge in [-0.25, -0.2) is 0 Å². The highest BCUT2D eigenvalue weighted by Gasteiger charge is 2.08. The largest absolute Gasteiger partial charge is 0.383 e. The van der Waals surface area contributed by atoms with Crippen LogP contribution in [0.1, 0.15) is 20.3 Å². The summed E-state index contributed by atoms with van der Waals surface area (Å²) in [5, 5.41) is 0. The Labute approximate surface area is 57.4 Å². The second-order valence-electron chi connectivity index (χ2n) is 2.50. The Morgan fingerprint density at radius 3 is 2.44 bits per heavy atom. The Kier molecular flexibility index (Phi) is 4.72. The van der Waals surface area contributed by atoms with Gasteiger partial charge in [-0.3, -0.25) is 0 Å². The molecule has 2 nitrogen and oxygen atoms in total. The van der Waals surface area contributed by atoms with Gasteiger partial charge in [0.25, 0.3) is 0 Å². The van der Waals surface area contributed by atoms with Crippen molar-refractivity contribution in [3.05, 3.63) is 0 Å². The summed E-state index contributed by atoms with van der Waals surface area (Å²) in [6.45, 7) is 4.96. The smallest absolute Gasteiger partial charge is 0.0616 e. The molecular weight excluding hydrogens is 114 g/mol. The fourth-order valence-corrected chi connectivity index (χ4v) is 0.659. The summed E-state index contributed by atoms with van der Waals surface area (Å²) < 4.78 is 4.90. The molecule has 2 atom stereocenters. The number of nitrogens with two attached hydrogens (primary N) is 1. The van der Waals surface area contributed by atoms with Gasteiger partial charge in [-0.1, -0.05) is 20.3 Å². The summed E-state index contributed by atoms with van der Waals surface area (Å²) in [6, 6.07) is 0.208. The Balaban J connectivity index is 3.32. The first-order chi connectivity index (χ1) is 4.22. The van der Waals surface area contributed by atoms with E-state index in [-0.39, 0.29) is 6.04 Å². The lowest BCUT2D eigenvalue weighted by atomic mass is 10.0. The normalized spacial score (nSPS) is 17.3. The molecule has 0 spiro atoms. The molecule has 0 bridgehead atoms. The molecule has 0 saturated heterocycles. The number of rotatable bonds is 4. The van der Waals surface area contributed by atoms with Crippen LogP contribution in [0.2, 0.25) is 0 Å². The SMILES string of the molecule is CCC(C)C(N)COC. The molecule has 56 valence electrons. The van der Waals surface area contributed by atoms with Crippen LogP contribution in [0.3, 0.4) is 0 Å². The standard InChI is InChI=1S/C7H17NO/c1-4-6(2)7(8)5-9-3/h6-7H,4-5,8H2,1-3H3. The molecule has 0 radical (unpaired) electrons. The first-order valence-corrected chi connectivity index (χ1v) is 3.46. The fraction of sp³-hybridized carbons (Fsp3) is 1.00. The van der Waals surface area contributed by atoms with E-state index in [0.29, 0.717) is 12.5 Å². The average molecular weight is 131 g/mol. The summed E-state index contributed by atoms with van der Waals surface area (Å²) in [5.41, 5.74) is 5.71. The van der Waals surface area contributed by atoms with Crippen molar-refractivity contribution in [2.75, 3.05) is 13.7 Å². The van der Waals surface area contributed by atoms with Gasteiger partial charge >= 0.3 is 0 Å². The van der Waals surface area contributed by atoms with Gasteiger partial charge in [0.1, 0.15) is 0 Å². The van der Waals surface area contributed by atoms with Crippen LogP contribution in [-0.4, -0.2) is 19.8 Å². The van der Waals surface area contributed by atoms with E-state index in [1.807, 2.05) is 0 Å². The predicted molar refractivity (Wildman–Crippen MR) is 39.3 cm³/mol. The lowest BCUT2D eigenvalue weighted by Gasteiger charge is -2.16. The Morgan fingerprint density at radius 1 is 1.56 bits per heavy atom. The molecule has 0 rings (SSSR count). The summed E-state index contributed by atoms with van der Waals surface area (Å²) in [7, 11) is 1.68. The molecule has 0 amide bonds. The van der Waals surface area contributed by atoms with Crippen LogP contribution in [0.4, 0.5) is 0 Å². The molecule has 0 heterocycles. The van der Waals surface area contributed by atoms with Crippen LogP contribution >= 0.6 is 0 Å². The number of methoxy groups -OCH3 is 1. The van der Waals surface area contributed by atoms with Gasteiger partial charge in [-0.2, -0.15) is 0 Å². The van der Waals surface area contributed by atoms with Gasteiger partial charge in [-0.05, 0) is 5.92 Å². The van der Waals surface area contributed by atoms with Crippen molar-refractivity contribution >= 4 is 0 Å². The molecule has 2 N–H and O–H groups in total. The molecule has 0 aromatic rings. The van der Waals surface area contributed by atoms with Gasteiger partial charge in [0.05, 0.1) is 6.61 Å². The lowest BCUT2D eigenvalue weighted by molar-refractivity contribution is 0.159. The molecule has 0 aromatic heterocycles. The highest BCUT2D eigenvalue weighted by Crippen LogP contribution is 2.04. The van der Waals surface area contributed by atoms with Gasteiger partial charge in [0.2, 0.25) is 0 Å². The molecule has 2 unspecified atom stereocenters. The van der Waals surface area contributed by atoms with E-state index in [4.69, 9.17) is 10.5 Å². The van der Waals surface area contributed by atoms with E-state index in [1.165, 1.54) is 0 Å². The monoisotopic (exact) mass is 131 g/mol. The van der Waals surface area contributed by atoms with Crippen LogP contribution in [0.15, 0.2) is 0 Å². The second-order valence-corrected chi connectivity index (χ2v) is 2.50. The second kappa shape index (κ2) is 4.77. The summed E-state index contributed by atoms with van der Waals surface area (Å²) in [6.07, 6.45) is 1.13. The zero-order valence-electron chi connectivity index (χ0n) is 6.55. The Morgan fingerprint density at radius 2 is 2.11 bits per heavy atom. The number of hydrogen-bond acceptors (Lipinski definition) is 2. The van der Waals surface area contributed by atoms with E-state index in [2.05, 4.69) is 13.8 Å². The van der Waals surface area contributed by atoms with Crippen molar-refractivity contribution in [3.8, 4) is 0 Å². The fourth-order valence-electron chi connectivity index (χ4n) is 0.659. The number of hydrogen-bond donors (Lipinski definition) is 1. The van der Waals surface area contributed by atoms with Crippen LogP contribution in [0.25, 0.3) is 0 Å². The molecule has 0 aliphatic heterocycles. The third-order valence-electron chi connectivity index (χ3n) is 1.73. The molecule has 0 aliphatic rings. The van der Waals surface area contributed by atoms with Gasteiger partial charge < -0.3 is 10.5 Å². The highest BCUT2D eigenvalue weighted by atomic mass is 16.5. The van der Waals surface area contributed by atoms with E-state index < -0.39 is 0 Å². The van der Waals surface area contributed by atoms with Crippen LogP contribution < -0.4 is 5.73 Å². The highest BCUT2D eigenvalue weighted by molar-refractivity contribution is 4.65. The Hall–Kier alpha value is -0.0800. The summed E-state index contributed by atoms with van der Waals surface area (Å²) in [5.74, 6) is 0.574. The van der Waals surface area contributed by atoms with Crippen LogP contribution in [0, 0.1) is 5.92 Å². The van der Waals surface area contributed by atoms with E-state index in [0.717, 1.165) is 6.42 Å².